The van der Waals surface area contributed by atoms with Crippen LogP contribution in [0.2, 0.25) is 5.02 Å². The van der Waals surface area contributed by atoms with E-state index in [1.54, 1.807) is 18.2 Å². The molecule has 2 rings (SSSR count). The maximum Gasteiger partial charge on any atom is 0.247 e. The van der Waals surface area contributed by atoms with E-state index >= 15 is 0 Å². The maximum atomic E-state index is 11.8. The minimum absolute atomic E-state index is 0.147. The minimum Gasteiger partial charge on any atom is -0.274 e. The van der Waals surface area contributed by atoms with Gasteiger partial charge in [-0.15, -0.1) is 0 Å². The number of anilines is 1. The van der Waals surface area contributed by atoms with Gasteiger partial charge in [0.05, 0.1) is 10.9 Å². The van der Waals surface area contributed by atoms with Crippen molar-refractivity contribution in [2.45, 2.75) is 18.6 Å². The lowest BCUT2D eigenvalue weighted by atomic mass is 10.2. The highest BCUT2D eigenvalue weighted by molar-refractivity contribution is 7.82. The van der Waals surface area contributed by atoms with Crippen molar-refractivity contribution in [2.24, 2.45) is 0 Å². The number of halogens is 1. The first-order valence-electron chi connectivity index (χ1n) is 4.81. The van der Waals surface area contributed by atoms with Crippen LogP contribution in [0.5, 0.6) is 0 Å². The van der Waals surface area contributed by atoms with E-state index in [0.717, 1.165) is 5.56 Å². The predicted molar refractivity (Wildman–Crippen MR) is 66.1 cm³/mol. The SMILES string of the molecule is Cc1ccc(Cl)cc1N1C(=O)CC(S)C1=O. The highest BCUT2D eigenvalue weighted by Gasteiger charge is 2.37. The van der Waals surface area contributed by atoms with Crippen LogP contribution in [0.3, 0.4) is 0 Å². The van der Waals surface area contributed by atoms with E-state index in [0.29, 0.717) is 10.7 Å². The average Bonchev–Trinajstić information content (AvgIpc) is 2.46. The van der Waals surface area contributed by atoms with Crippen molar-refractivity contribution in [3.05, 3.63) is 28.8 Å². The third-order valence-corrected chi connectivity index (χ3v) is 3.17. The number of nitrogens with zero attached hydrogens (tertiary/aromatic N) is 1. The lowest BCUT2D eigenvalue weighted by Crippen LogP contribution is -2.31. The van der Waals surface area contributed by atoms with Crippen LogP contribution in [0.15, 0.2) is 18.2 Å². The summed E-state index contributed by atoms with van der Waals surface area (Å²) in [7, 11) is 0. The van der Waals surface area contributed by atoms with Gasteiger partial charge < -0.3 is 0 Å². The van der Waals surface area contributed by atoms with Gasteiger partial charge in [0.2, 0.25) is 11.8 Å². The number of carbonyl (C=O) groups is 2. The Morgan fingerprint density at radius 3 is 2.69 bits per heavy atom. The Morgan fingerprint density at radius 1 is 1.44 bits per heavy atom. The molecule has 0 N–H and O–H groups in total. The molecule has 0 spiro atoms. The van der Waals surface area contributed by atoms with Gasteiger partial charge in [0, 0.05) is 11.4 Å². The summed E-state index contributed by atoms with van der Waals surface area (Å²) in [6.07, 6.45) is 0.147. The Balaban J connectivity index is 2.48. The third-order valence-electron chi connectivity index (χ3n) is 2.53. The quantitative estimate of drug-likeness (QED) is 0.617. The van der Waals surface area contributed by atoms with E-state index in [4.69, 9.17) is 11.6 Å². The maximum absolute atomic E-state index is 11.8. The second-order valence-electron chi connectivity index (χ2n) is 3.72. The van der Waals surface area contributed by atoms with Crippen molar-refractivity contribution in [1.82, 2.24) is 0 Å². The zero-order valence-electron chi connectivity index (χ0n) is 8.61. The Bertz CT molecular complexity index is 475. The summed E-state index contributed by atoms with van der Waals surface area (Å²) in [5, 5.41) is -0.0327. The molecule has 1 saturated heterocycles. The van der Waals surface area contributed by atoms with Gasteiger partial charge in [-0.2, -0.15) is 12.6 Å². The average molecular weight is 256 g/mol. The number of aryl methyl sites for hydroxylation is 1. The molecule has 1 aliphatic heterocycles. The molecule has 0 saturated carbocycles. The molecule has 1 fully saturated rings. The highest BCUT2D eigenvalue weighted by Crippen LogP contribution is 2.30. The molecule has 1 atom stereocenters. The number of hydrogen-bond donors (Lipinski definition) is 1. The fraction of sp³-hybridized carbons (Fsp3) is 0.273. The zero-order chi connectivity index (χ0) is 11.9. The molecule has 2 amide bonds. The summed E-state index contributed by atoms with van der Waals surface area (Å²) in [5.74, 6) is -0.505. The molecule has 0 aromatic heterocycles. The first kappa shape index (κ1) is 11.5. The predicted octanol–water partition coefficient (Wildman–Crippen LogP) is 2.21. The first-order valence-corrected chi connectivity index (χ1v) is 5.71. The molecule has 1 aromatic carbocycles. The van der Waals surface area contributed by atoms with Crippen molar-refractivity contribution in [2.75, 3.05) is 4.90 Å². The lowest BCUT2D eigenvalue weighted by Gasteiger charge is -2.16. The molecular formula is C11H10ClNO2S. The third kappa shape index (κ3) is 1.83. The second kappa shape index (κ2) is 4.11. The monoisotopic (exact) mass is 255 g/mol. The number of benzene rings is 1. The standard InChI is InChI=1S/C11H10ClNO2S/c1-6-2-3-7(12)4-8(6)13-10(14)5-9(16)11(13)15/h2-4,9,16H,5H2,1H3. The Labute approximate surface area is 104 Å². The van der Waals surface area contributed by atoms with E-state index in [1.165, 1.54) is 4.90 Å². The summed E-state index contributed by atoms with van der Waals surface area (Å²) >= 11 is 9.93. The van der Waals surface area contributed by atoms with E-state index in [2.05, 4.69) is 12.6 Å². The van der Waals surface area contributed by atoms with Gasteiger partial charge in [0.25, 0.3) is 0 Å². The zero-order valence-corrected chi connectivity index (χ0v) is 10.3. The summed E-state index contributed by atoms with van der Waals surface area (Å²) in [4.78, 5) is 24.6. The van der Waals surface area contributed by atoms with E-state index in [1.807, 2.05) is 6.92 Å². The van der Waals surface area contributed by atoms with Crippen LogP contribution in [0.1, 0.15) is 12.0 Å². The molecule has 1 heterocycles. The molecule has 16 heavy (non-hydrogen) atoms. The van der Waals surface area contributed by atoms with Gasteiger partial charge in [-0.05, 0) is 24.6 Å². The summed E-state index contributed by atoms with van der Waals surface area (Å²) in [6, 6.07) is 5.13. The van der Waals surface area contributed by atoms with Gasteiger partial charge in [0.1, 0.15) is 0 Å². The molecule has 3 nitrogen and oxygen atoms in total. The van der Waals surface area contributed by atoms with Crippen molar-refractivity contribution < 1.29 is 9.59 Å². The van der Waals surface area contributed by atoms with Crippen molar-refractivity contribution >= 4 is 41.7 Å². The van der Waals surface area contributed by atoms with Crippen molar-refractivity contribution in [3.63, 3.8) is 0 Å². The lowest BCUT2D eigenvalue weighted by molar-refractivity contribution is -0.121. The second-order valence-corrected chi connectivity index (χ2v) is 4.78. The van der Waals surface area contributed by atoms with Gasteiger partial charge in [0.15, 0.2) is 0 Å². The normalized spacial score (nSPS) is 20.7. The highest BCUT2D eigenvalue weighted by atomic mass is 35.5. The van der Waals surface area contributed by atoms with Gasteiger partial charge in [-0.1, -0.05) is 17.7 Å². The summed E-state index contributed by atoms with van der Waals surface area (Å²) in [6.45, 7) is 1.83. The molecule has 0 bridgehead atoms. The van der Waals surface area contributed by atoms with Crippen LogP contribution in [-0.2, 0) is 9.59 Å². The molecule has 1 aliphatic rings. The van der Waals surface area contributed by atoms with Crippen molar-refractivity contribution in [3.8, 4) is 0 Å². The van der Waals surface area contributed by atoms with Crippen LogP contribution in [0.4, 0.5) is 5.69 Å². The molecule has 1 unspecified atom stereocenters. The van der Waals surface area contributed by atoms with E-state index in [9.17, 15) is 9.59 Å². The number of rotatable bonds is 1. The topological polar surface area (TPSA) is 37.4 Å². The van der Waals surface area contributed by atoms with Crippen molar-refractivity contribution in [1.29, 1.82) is 0 Å². The molecule has 84 valence electrons. The fourth-order valence-electron chi connectivity index (χ4n) is 1.69. The summed E-state index contributed by atoms with van der Waals surface area (Å²) in [5.41, 5.74) is 1.40. The molecule has 5 heteroatoms. The van der Waals surface area contributed by atoms with Crippen LogP contribution < -0.4 is 4.90 Å². The number of imide groups is 1. The van der Waals surface area contributed by atoms with Gasteiger partial charge >= 0.3 is 0 Å². The number of hydrogen-bond acceptors (Lipinski definition) is 3. The number of amides is 2. The Morgan fingerprint density at radius 2 is 2.12 bits per heavy atom. The van der Waals surface area contributed by atoms with Gasteiger partial charge in [-0.3, -0.25) is 9.59 Å². The Hall–Kier alpha value is -1.00. The number of carbonyl (C=O) groups excluding carboxylic acids is 2. The fourth-order valence-corrected chi connectivity index (χ4v) is 2.13. The largest absolute Gasteiger partial charge is 0.274 e. The molecular weight excluding hydrogens is 246 g/mol. The van der Waals surface area contributed by atoms with Crippen LogP contribution in [-0.4, -0.2) is 17.1 Å². The van der Waals surface area contributed by atoms with Gasteiger partial charge in [-0.25, -0.2) is 4.90 Å². The van der Waals surface area contributed by atoms with Crippen LogP contribution >= 0.6 is 24.2 Å². The molecule has 0 aliphatic carbocycles. The minimum atomic E-state index is -0.536. The molecule has 1 aromatic rings. The Kier molecular flexibility index (Phi) is 2.95. The molecule has 0 radical (unpaired) electrons. The first-order chi connectivity index (χ1) is 7.50. The number of thiol groups is 1. The van der Waals surface area contributed by atoms with Crippen LogP contribution in [0.25, 0.3) is 0 Å². The van der Waals surface area contributed by atoms with E-state index < -0.39 is 5.25 Å². The van der Waals surface area contributed by atoms with E-state index in [-0.39, 0.29) is 18.2 Å². The van der Waals surface area contributed by atoms with Crippen LogP contribution in [0, 0.1) is 6.92 Å². The summed E-state index contributed by atoms with van der Waals surface area (Å²) < 4.78 is 0. The smallest absolute Gasteiger partial charge is 0.247 e.